The molecule has 11 N–H and O–H groups in total. The first kappa shape index (κ1) is 37.6. The van der Waals surface area contributed by atoms with Crippen molar-refractivity contribution >= 4 is 40.6 Å². The number of nitrogens with two attached hydrogens (primary N) is 4. The SMILES string of the molecule is CCCCNC(=O)c1cc(/C(N)=C/N(N)c2ccc(C(=O)O)c(C(F)(F)F)c2)nc(/C(N)=C/N(N)c2ccc(C(=O)O)c(C(F)(F)F)c2)c1. The van der Waals surface area contributed by atoms with Gasteiger partial charge in [-0.25, -0.2) is 26.3 Å². The van der Waals surface area contributed by atoms with Crippen LogP contribution in [0, 0.1) is 0 Å². The molecule has 1 amide bonds. The first-order chi connectivity index (χ1) is 22.7. The number of carboxylic acid groups (broad SMARTS) is 2. The van der Waals surface area contributed by atoms with Crippen LogP contribution in [-0.4, -0.2) is 39.6 Å². The molecule has 0 aliphatic rings. The zero-order valence-electron chi connectivity index (χ0n) is 25.4. The van der Waals surface area contributed by atoms with E-state index < -0.39 is 52.5 Å². The fraction of sp³-hybridized carbons (Fsp3) is 0.200. The molecule has 0 atom stereocenters. The van der Waals surface area contributed by atoms with Crippen molar-refractivity contribution in [1.82, 2.24) is 10.3 Å². The van der Waals surface area contributed by atoms with Crippen LogP contribution in [0.4, 0.5) is 37.7 Å². The highest BCUT2D eigenvalue weighted by Gasteiger charge is 2.37. The number of halogens is 6. The molecule has 13 nitrogen and oxygen atoms in total. The summed E-state index contributed by atoms with van der Waals surface area (Å²) in [4.78, 5) is 39.8. The summed E-state index contributed by atoms with van der Waals surface area (Å²) in [5, 5.41) is 22.3. The zero-order chi connectivity index (χ0) is 36.8. The highest BCUT2D eigenvalue weighted by molar-refractivity contribution is 5.96. The highest BCUT2D eigenvalue weighted by atomic mass is 19.4. The van der Waals surface area contributed by atoms with Gasteiger partial charge in [-0.3, -0.25) is 14.8 Å². The molecule has 0 radical (unpaired) electrons. The molecule has 0 spiro atoms. The van der Waals surface area contributed by atoms with E-state index >= 15 is 0 Å². The lowest BCUT2D eigenvalue weighted by atomic mass is 10.1. The molecule has 0 aliphatic heterocycles. The van der Waals surface area contributed by atoms with Gasteiger partial charge in [0.25, 0.3) is 5.91 Å². The van der Waals surface area contributed by atoms with Gasteiger partial charge in [0.2, 0.25) is 0 Å². The average Bonchev–Trinajstić information content (AvgIpc) is 3.02. The third-order valence-corrected chi connectivity index (χ3v) is 6.73. The second-order valence-electron chi connectivity index (χ2n) is 10.3. The Bertz CT molecular complexity index is 1690. The van der Waals surface area contributed by atoms with Gasteiger partial charge in [0, 0.05) is 24.5 Å². The van der Waals surface area contributed by atoms with E-state index in [0.717, 1.165) is 31.0 Å². The first-order valence-electron chi connectivity index (χ1n) is 14.0. The summed E-state index contributed by atoms with van der Waals surface area (Å²) in [6.45, 7) is 2.18. The predicted molar refractivity (Wildman–Crippen MR) is 166 cm³/mol. The summed E-state index contributed by atoms with van der Waals surface area (Å²) in [6, 6.07) is 6.84. The normalized spacial score (nSPS) is 12.4. The Morgan fingerprint density at radius 3 is 1.53 bits per heavy atom. The summed E-state index contributed by atoms with van der Waals surface area (Å²) in [7, 11) is 0. The maximum absolute atomic E-state index is 13.5. The van der Waals surface area contributed by atoms with Gasteiger partial charge in [-0.15, -0.1) is 0 Å². The molecule has 3 aromatic rings. The Kier molecular flexibility index (Phi) is 11.5. The smallest absolute Gasteiger partial charge is 0.417 e. The van der Waals surface area contributed by atoms with Gasteiger partial charge < -0.3 is 27.0 Å². The molecule has 0 aliphatic carbocycles. The molecule has 2 aromatic carbocycles. The van der Waals surface area contributed by atoms with Crippen molar-refractivity contribution in [2.75, 3.05) is 16.6 Å². The van der Waals surface area contributed by atoms with E-state index in [1.165, 1.54) is 12.1 Å². The molecule has 19 heteroatoms. The minimum absolute atomic E-state index is 0.0497. The number of hydrogen-bond donors (Lipinski definition) is 7. The summed E-state index contributed by atoms with van der Waals surface area (Å²) in [6.07, 6.45) is -6.81. The van der Waals surface area contributed by atoms with E-state index in [0.29, 0.717) is 40.7 Å². The largest absolute Gasteiger partial charge is 0.478 e. The number of benzene rings is 2. The van der Waals surface area contributed by atoms with Crippen LogP contribution in [0.5, 0.6) is 0 Å². The molecular weight excluding hydrogens is 666 g/mol. The molecule has 0 unspecified atom stereocenters. The Balaban J connectivity index is 2.08. The van der Waals surface area contributed by atoms with Gasteiger partial charge in [-0.2, -0.15) is 26.3 Å². The van der Waals surface area contributed by atoms with Crippen LogP contribution in [0.15, 0.2) is 60.9 Å². The number of anilines is 2. The van der Waals surface area contributed by atoms with Crippen LogP contribution in [0.1, 0.15) is 73.4 Å². The number of nitrogens with one attached hydrogen (secondary N) is 1. The lowest BCUT2D eigenvalue weighted by Gasteiger charge is -2.19. The monoisotopic (exact) mass is 696 g/mol. The lowest BCUT2D eigenvalue weighted by Crippen LogP contribution is -2.28. The number of hydrogen-bond acceptors (Lipinski definition) is 10. The summed E-state index contributed by atoms with van der Waals surface area (Å²) in [5.74, 6) is 7.62. The molecule has 1 heterocycles. The molecule has 1 aromatic heterocycles. The standard InChI is InChI=1S/C30H30F6N8O5/c1-2-3-8-41-26(45)15-9-24(22(37)13-43(39)16-4-6-18(27(46)47)20(11-16)29(31,32)33)42-25(10-15)23(38)14-44(40)17-5-7-19(28(48)49)21(12-17)30(34,35)36/h4-7,9-14H,2-3,8,37-40H2,1H3,(H,41,45)(H,46,47)(H,48,49)/b22-13-,23-14-. The first-order valence-corrected chi connectivity index (χ1v) is 14.0. The minimum Gasteiger partial charge on any atom is -0.478 e. The number of carbonyl (C=O) groups is 3. The molecule has 262 valence electrons. The minimum atomic E-state index is -5.04. The van der Waals surface area contributed by atoms with Crippen molar-refractivity contribution in [3.8, 4) is 0 Å². The molecule has 0 saturated carbocycles. The number of rotatable bonds is 12. The number of unbranched alkanes of at least 4 members (excludes halogenated alkanes) is 1. The number of amides is 1. The summed E-state index contributed by atoms with van der Waals surface area (Å²) in [5.41, 5.74) is 5.70. The van der Waals surface area contributed by atoms with Crippen molar-refractivity contribution in [2.24, 2.45) is 23.2 Å². The van der Waals surface area contributed by atoms with Crippen LogP contribution in [0.25, 0.3) is 11.4 Å². The number of pyridine rings is 1. The van der Waals surface area contributed by atoms with Crippen molar-refractivity contribution < 1.29 is 50.9 Å². The quantitative estimate of drug-likeness (QED) is 0.0608. The van der Waals surface area contributed by atoms with Crippen LogP contribution < -0.4 is 38.5 Å². The molecule has 0 bridgehead atoms. The van der Waals surface area contributed by atoms with Gasteiger partial charge in [0.15, 0.2) is 0 Å². The summed E-state index contributed by atoms with van der Waals surface area (Å²) < 4.78 is 81.2. The zero-order valence-corrected chi connectivity index (χ0v) is 25.4. The predicted octanol–water partition coefficient (Wildman–Crippen LogP) is 4.32. The van der Waals surface area contributed by atoms with Gasteiger partial charge in [-0.1, -0.05) is 13.3 Å². The fourth-order valence-corrected chi connectivity index (χ4v) is 4.25. The molecule has 49 heavy (non-hydrogen) atoms. The molecule has 0 fully saturated rings. The Labute approximate surface area is 274 Å². The number of carbonyl (C=O) groups excluding carboxylic acids is 1. The van der Waals surface area contributed by atoms with E-state index in [1.54, 1.807) is 0 Å². The number of carboxylic acids is 2. The van der Waals surface area contributed by atoms with Crippen molar-refractivity contribution in [3.63, 3.8) is 0 Å². The molecule has 3 rings (SSSR count). The highest BCUT2D eigenvalue weighted by Crippen LogP contribution is 2.36. The van der Waals surface area contributed by atoms with E-state index in [4.69, 9.17) is 33.4 Å². The van der Waals surface area contributed by atoms with Gasteiger partial charge in [-0.05, 0) is 55.0 Å². The maximum atomic E-state index is 13.5. The van der Waals surface area contributed by atoms with Gasteiger partial charge >= 0.3 is 24.3 Å². The van der Waals surface area contributed by atoms with Crippen molar-refractivity contribution in [2.45, 2.75) is 32.1 Å². The Hall–Kier alpha value is -5.82. The number of aromatic nitrogens is 1. The van der Waals surface area contributed by atoms with Gasteiger partial charge in [0.05, 0.1) is 56.4 Å². The number of nitrogens with zero attached hydrogens (tertiary/aromatic N) is 3. The second kappa shape index (κ2) is 14.9. The van der Waals surface area contributed by atoms with Crippen molar-refractivity contribution in [3.05, 3.63) is 100 Å². The van der Waals surface area contributed by atoms with Crippen LogP contribution in [0.2, 0.25) is 0 Å². The average molecular weight is 697 g/mol. The van der Waals surface area contributed by atoms with Gasteiger partial charge in [0.1, 0.15) is 0 Å². The van der Waals surface area contributed by atoms with Crippen LogP contribution in [-0.2, 0) is 12.4 Å². The van der Waals surface area contributed by atoms with E-state index in [1.807, 2.05) is 6.92 Å². The third kappa shape index (κ3) is 9.39. The molecular formula is C30H30F6N8O5. The van der Waals surface area contributed by atoms with E-state index in [9.17, 15) is 40.7 Å². The lowest BCUT2D eigenvalue weighted by molar-refractivity contribution is -0.138. The van der Waals surface area contributed by atoms with Crippen LogP contribution in [0.3, 0.4) is 0 Å². The molecule has 0 saturated heterocycles. The Morgan fingerprint density at radius 1 is 0.776 bits per heavy atom. The number of hydrazine groups is 2. The third-order valence-electron chi connectivity index (χ3n) is 6.73. The number of aromatic carboxylic acids is 2. The Morgan fingerprint density at radius 2 is 1.18 bits per heavy atom. The van der Waals surface area contributed by atoms with E-state index in [2.05, 4.69) is 10.3 Å². The van der Waals surface area contributed by atoms with Crippen LogP contribution >= 0.6 is 0 Å². The number of alkyl halides is 6. The second-order valence-corrected chi connectivity index (χ2v) is 10.3. The summed E-state index contributed by atoms with van der Waals surface area (Å²) >= 11 is 0. The topological polar surface area (TPSA) is 227 Å². The van der Waals surface area contributed by atoms with Crippen molar-refractivity contribution in [1.29, 1.82) is 0 Å². The fourth-order valence-electron chi connectivity index (χ4n) is 4.25. The maximum Gasteiger partial charge on any atom is 0.417 e. The van der Waals surface area contributed by atoms with E-state index in [-0.39, 0.29) is 46.3 Å².